The lowest BCUT2D eigenvalue weighted by molar-refractivity contribution is -0.124. The minimum absolute atomic E-state index is 0.0859. The van der Waals surface area contributed by atoms with Crippen molar-refractivity contribution in [2.75, 3.05) is 0 Å². The van der Waals surface area contributed by atoms with Crippen LogP contribution in [0.3, 0.4) is 0 Å². The van der Waals surface area contributed by atoms with E-state index in [9.17, 15) is 10.2 Å². The van der Waals surface area contributed by atoms with Gasteiger partial charge in [-0.3, -0.25) is 0 Å². The van der Waals surface area contributed by atoms with Crippen LogP contribution in [0.5, 0.6) is 0 Å². The fraction of sp³-hybridized carbons (Fsp3) is 1.00. The van der Waals surface area contributed by atoms with Crippen LogP contribution in [0.4, 0.5) is 0 Å². The maximum atomic E-state index is 10.1. The van der Waals surface area contributed by atoms with Crippen LogP contribution in [0, 0.1) is 41.4 Å². The van der Waals surface area contributed by atoms with Crippen LogP contribution >= 0.6 is 0 Å². The molecular weight excluding hydrogens is 272 g/mol. The SMILES string of the molecule is OC12CC3CC(CC(C3)C1)C2.OC1C2CC3CC(C2)CC1C3. The van der Waals surface area contributed by atoms with Crippen molar-refractivity contribution in [1.29, 1.82) is 0 Å². The summed E-state index contributed by atoms with van der Waals surface area (Å²) in [4.78, 5) is 0. The Morgan fingerprint density at radius 2 is 0.909 bits per heavy atom. The third kappa shape index (κ3) is 2.36. The fourth-order valence-corrected chi connectivity index (χ4v) is 7.96. The molecule has 0 unspecified atom stereocenters. The first-order chi connectivity index (χ1) is 10.6. The van der Waals surface area contributed by atoms with Crippen molar-refractivity contribution in [2.24, 2.45) is 41.4 Å². The van der Waals surface area contributed by atoms with Gasteiger partial charge in [-0.25, -0.2) is 0 Å². The van der Waals surface area contributed by atoms with Gasteiger partial charge in [-0.1, -0.05) is 0 Å². The molecule has 0 spiro atoms. The largest absolute Gasteiger partial charge is 0.393 e. The molecule has 8 saturated carbocycles. The first-order valence-corrected chi connectivity index (χ1v) is 9.97. The van der Waals surface area contributed by atoms with Crippen molar-refractivity contribution >= 4 is 0 Å². The normalized spacial score (nSPS) is 60.3. The molecule has 2 heteroatoms. The van der Waals surface area contributed by atoms with Crippen LogP contribution < -0.4 is 0 Å². The molecule has 8 fully saturated rings. The van der Waals surface area contributed by atoms with Crippen LogP contribution in [-0.4, -0.2) is 21.9 Å². The zero-order valence-corrected chi connectivity index (χ0v) is 13.8. The molecule has 8 aliphatic rings. The standard InChI is InChI=1S/2C10H16O/c11-10-4-7-1-8(5-10)3-9(2-7)6-10;11-10-8-2-6-1-7(4-8)5-9(10)3-6/h7-9,11H,1-6H2;6-11H,1-5H2. The number of hydrogen-bond acceptors (Lipinski definition) is 2. The second kappa shape index (κ2) is 4.96. The highest BCUT2D eigenvalue weighted by molar-refractivity contribution is 5.01. The maximum absolute atomic E-state index is 10.1. The molecule has 0 aliphatic heterocycles. The summed E-state index contributed by atoms with van der Waals surface area (Å²) in [5, 5.41) is 19.9. The highest BCUT2D eigenvalue weighted by Gasteiger charge is 2.50. The number of aliphatic hydroxyl groups excluding tert-OH is 1. The Labute approximate surface area is 134 Å². The Morgan fingerprint density at radius 3 is 1.27 bits per heavy atom. The predicted molar refractivity (Wildman–Crippen MR) is 86.2 cm³/mol. The fourth-order valence-electron chi connectivity index (χ4n) is 7.96. The summed E-state index contributed by atoms with van der Waals surface area (Å²) >= 11 is 0. The molecule has 0 heterocycles. The van der Waals surface area contributed by atoms with Crippen molar-refractivity contribution in [3.63, 3.8) is 0 Å². The van der Waals surface area contributed by atoms with E-state index in [1.165, 1.54) is 51.4 Å². The van der Waals surface area contributed by atoms with Gasteiger partial charge in [-0.15, -0.1) is 0 Å². The second-order valence-electron chi connectivity index (χ2n) is 10.1. The Balaban J connectivity index is 0.000000102. The van der Waals surface area contributed by atoms with Gasteiger partial charge >= 0.3 is 0 Å². The highest BCUT2D eigenvalue weighted by Crippen LogP contribution is 2.55. The van der Waals surface area contributed by atoms with E-state index in [-0.39, 0.29) is 11.7 Å². The van der Waals surface area contributed by atoms with E-state index in [2.05, 4.69) is 0 Å². The topological polar surface area (TPSA) is 40.5 Å². The Morgan fingerprint density at radius 1 is 0.545 bits per heavy atom. The smallest absolute Gasteiger partial charge is 0.0655 e. The first kappa shape index (κ1) is 14.3. The van der Waals surface area contributed by atoms with Crippen molar-refractivity contribution in [2.45, 2.75) is 82.3 Å². The van der Waals surface area contributed by atoms with E-state index in [4.69, 9.17) is 0 Å². The number of aliphatic hydroxyl groups is 2. The lowest BCUT2D eigenvalue weighted by atomic mass is 9.54. The van der Waals surface area contributed by atoms with Crippen molar-refractivity contribution in [3.8, 4) is 0 Å². The van der Waals surface area contributed by atoms with Gasteiger partial charge in [0.1, 0.15) is 0 Å². The Kier molecular flexibility index (Phi) is 3.22. The summed E-state index contributed by atoms with van der Waals surface area (Å²) in [5.41, 5.74) is -0.200. The molecule has 0 radical (unpaired) electrons. The monoisotopic (exact) mass is 304 g/mol. The molecule has 2 nitrogen and oxygen atoms in total. The third-order valence-corrected chi connectivity index (χ3v) is 8.18. The molecule has 2 N–H and O–H groups in total. The average Bonchev–Trinajstić information content (AvgIpc) is 2.41. The molecule has 0 amide bonds. The summed E-state index contributed by atoms with van der Waals surface area (Å²) in [6.07, 6.45) is 14.6. The van der Waals surface area contributed by atoms with E-state index in [1.54, 1.807) is 0 Å². The van der Waals surface area contributed by atoms with Gasteiger partial charge in [-0.2, -0.15) is 0 Å². The Hall–Kier alpha value is -0.0800. The zero-order valence-electron chi connectivity index (χ0n) is 13.8. The van der Waals surface area contributed by atoms with Gasteiger partial charge in [0.25, 0.3) is 0 Å². The zero-order chi connectivity index (χ0) is 14.9. The van der Waals surface area contributed by atoms with Crippen LogP contribution in [0.15, 0.2) is 0 Å². The summed E-state index contributed by atoms with van der Waals surface area (Å²) in [6.45, 7) is 0. The van der Waals surface area contributed by atoms with Crippen molar-refractivity contribution in [3.05, 3.63) is 0 Å². The molecule has 0 aromatic heterocycles. The molecule has 0 saturated heterocycles. The van der Waals surface area contributed by atoms with Crippen molar-refractivity contribution in [1.82, 2.24) is 0 Å². The van der Waals surface area contributed by atoms with Crippen molar-refractivity contribution < 1.29 is 10.2 Å². The van der Waals surface area contributed by atoms with E-state index in [0.717, 1.165) is 48.9 Å². The summed E-state index contributed by atoms with van der Waals surface area (Å²) in [7, 11) is 0. The molecule has 124 valence electrons. The number of hydrogen-bond donors (Lipinski definition) is 2. The van der Waals surface area contributed by atoms with Gasteiger partial charge in [0, 0.05) is 0 Å². The molecule has 8 rings (SSSR count). The maximum Gasteiger partial charge on any atom is 0.0655 e. The minimum Gasteiger partial charge on any atom is -0.393 e. The molecule has 8 bridgehead atoms. The minimum atomic E-state index is -0.200. The highest BCUT2D eigenvalue weighted by atomic mass is 16.3. The second-order valence-corrected chi connectivity index (χ2v) is 10.1. The van der Waals surface area contributed by atoms with E-state index >= 15 is 0 Å². The van der Waals surface area contributed by atoms with E-state index in [0.29, 0.717) is 11.8 Å². The summed E-state index contributed by atoms with van der Waals surface area (Å²) < 4.78 is 0. The van der Waals surface area contributed by atoms with Gasteiger partial charge in [-0.05, 0) is 112 Å². The lowest BCUT2D eigenvalue weighted by Crippen LogP contribution is -2.50. The molecule has 0 atom stereocenters. The van der Waals surface area contributed by atoms with Gasteiger partial charge < -0.3 is 10.2 Å². The summed E-state index contributed by atoms with van der Waals surface area (Å²) in [6, 6.07) is 0. The third-order valence-electron chi connectivity index (χ3n) is 8.18. The van der Waals surface area contributed by atoms with Gasteiger partial charge in [0.05, 0.1) is 11.7 Å². The van der Waals surface area contributed by atoms with Gasteiger partial charge in [0.15, 0.2) is 0 Å². The van der Waals surface area contributed by atoms with Crippen LogP contribution in [0.25, 0.3) is 0 Å². The lowest BCUT2D eigenvalue weighted by Gasteiger charge is -2.54. The van der Waals surface area contributed by atoms with Crippen LogP contribution in [0.1, 0.15) is 70.6 Å². The number of rotatable bonds is 0. The van der Waals surface area contributed by atoms with E-state index < -0.39 is 0 Å². The molecule has 22 heavy (non-hydrogen) atoms. The average molecular weight is 304 g/mol. The quantitative estimate of drug-likeness (QED) is 0.715. The predicted octanol–water partition coefficient (Wildman–Crippen LogP) is 3.75. The van der Waals surface area contributed by atoms with E-state index in [1.807, 2.05) is 0 Å². The van der Waals surface area contributed by atoms with Gasteiger partial charge in [0.2, 0.25) is 0 Å². The molecule has 8 aliphatic carbocycles. The van der Waals surface area contributed by atoms with Crippen LogP contribution in [0.2, 0.25) is 0 Å². The van der Waals surface area contributed by atoms with Crippen LogP contribution in [-0.2, 0) is 0 Å². The molecule has 0 aromatic carbocycles. The first-order valence-electron chi connectivity index (χ1n) is 9.97. The summed E-state index contributed by atoms with van der Waals surface area (Å²) in [5.74, 6) is 6.09. The molecular formula is C20H32O2. The molecule has 0 aromatic rings. The Bertz CT molecular complexity index is 380.